The zero-order valence-corrected chi connectivity index (χ0v) is 14.0. The Morgan fingerprint density at radius 1 is 1.14 bits per heavy atom. The molecule has 1 aliphatic rings. The van der Waals surface area contributed by atoms with E-state index in [0.717, 1.165) is 21.5 Å². The first-order valence-corrected chi connectivity index (χ1v) is 7.43. The number of rotatable bonds is 2. The summed E-state index contributed by atoms with van der Waals surface area (Å²) in [5, 5.41) is 2.09. The fraction of sp³-hybridized carbons (Fsp3) is 0.278. The summed E-state index contributed by atoms with van der Waals surface area (Å²) in [6.07, 6.45) is 4.13. The Hall–Kier alpha value is -1.31. The number of hydrogen-bond acceptors (Lipinski definition) is 1. The lowest BCUT2D eigenvalue weighted by molar-refractivity contribution is 0.790. The monoisotopic (exact) mass is 319 g/mol. The zero-order valence-electron chi connectivity index (χ0n) is 12.4. The van der Waals surface area contributed by atoms with E-state index in [-0.39, 0.29) is 12.4 Å². The van der Waals surface area contributed by atoms with Crippen LogP contribution in [0.4, 0.5) is 0 Å². The molecule has 0 spiro atoms. The van der Waals surface area contributed by atoms with Crippen LogP contribution < -0.4 is 0 Å². The molecule has 0 fully saturated rings. The highest BCUT2D eigenvalue weighted by molar-refractivity contribution is 6.35. The number of para-hydroxylation sites is 1. The van der Waals surface area contributed by atoms with Crippen LogP contribution in [0.5, 0.6) is 0 Å². The quantitative estimate of drug-likeness (QED) is 0.677. The zero-order chi connectivity index (χ0) is 14.3. The molecular weight excluding hydrogens is 301 g/mol. The molecule has 0 aliphatic heterocycles. The van der Waals surface area contributed by atoms with E-state index in [1.54, 1.807) is 0 Å². The predicted molar refractivity (Wildman–Crippen MR) is 93.8 cm³/mol. The lowest BCUT2D eigenvalue weighted by atomic mass is 9.91. The molecule has 2 aromatic rings. The molecule has 0 radical (unpaired) electrons. The smallest absolute Gasteiger partial charge is 0.0780 e. The fourth-order valence-corrected chi connectivity index (χ4v) is 3.14. The van der Waals surface area contributed by atoms with Gasteiger partial charge in [0.1, 0.15) is 0 Å². The second-order valence-electron chi connectivity index (χ2n) is 5.67. The van der Waals surface area contributed by atoms with E-state index >= 15 is 0 Å². The molecule has 1 atom stereocenters. The molecule has 0 bridgehead atoms. The summed E-state index contributed by atoms with van der Waals surface area (Å²) >= 11 is 6.60. The molecular formula is C18H19Cl2N. The first-order valence-electron chi connectivity index (χ1n) is 7.05. The Balaban J connectivity index is 0.00000161. The normalized spacial score (nSPS) is 18.1. The van der Waals surface area contributed by atoms with Crippen molar-refractivity contribution in [3.63, 3.8) is 0 Å². The predicted octanol–water partition coefficient (Wildman–Crippen LogP) is 5.84. The van der Waals surface area contributed by atoms with Gasteiger partial charge in [0.05, 0.1) is 5.52 Å². The van der Waals surface area contributed by atoms with Crippen LogP contribution >= 0.6 is 24.0 Å². The van der Waals surface area contributed by atoms with Crippen LogP contribution in [0.25, 0.3) is 16.5 Å². The van der Waals surface area contributed by atoms with Crippen LogP contribution in [0.1, 0.15) is 26.3 Å². The van der Waals surface area contributed by atoms with Crippen molar-refractivity contribution in [3.8, 4) is 0 Å². The lowest BCUT2D eigenvalue weighted by Gasteiger charge is -2.15. The Morgan fingerprint density at radius 2 is 1.86 bits per heavy atom. The summed E-state index contributed by atoms with van der Waals surface area (Å²) in [4.78, 5) is 4.56. The standard InChI is InChI=1S/C18H18ClN.ClH/c1-11(2)15-10-12(3)17(19)16(15)14-8-4-6-13-7-5-9-20-18(13)14;/h4-12H,1-3H3;1H. The minimum Gasteiger partial charge on any atom is -0.256 e. The minimum atomic E-state index is 0. The van der Waals surface area contributed by atoms with Crippen molar-refractivity contribution in [3.05, 3.63) is 58.8 Å². The Kier molecular flexibility index (Phi) is 4.75. The number of allylic oxidation sites excluding steroid dienone is 4. The third kappa shape index (κ3) is 2.73. The van der Waals surface area contributed by atoms with Crippen molar-refractivity contribution in [2.24, 2.45) is 11.8 Å². The molecule has 0 amide bonds. The van der Waals surface area contributed by atoms with Crippen molar-refractivity contribution < 1.29 is 0 Å². The van der Waals surface area contributed by atoms with Gasteiger partial charge in [0, 0.05) is 33.7 Å². The topological polar surface area (TPSA) is 12.9 Å². The maximum Gasteiger partial charge on any atom is 0.0780 e. The van der Waals surface area contributed by atoms with Crippen LogP contribution in [0, 0.1) is 11.8 Å². The molecule has 1 heterocycles. The number of nitrogens with zero attached hydrogens (tertiary/aromatic N) is 1. The maximum atomic E-state index is 6.60. The van der Waals surface area contributed by atoms with Crippen molar-refractivity contribution in [1.82, 2.24) is 4.98 Å². The van der Waals surface area contributed by atoms with Crippen molar-refractivity contribution >= 4 is 40.5 Å². The first kappa shape index (κ1) is 16.1. The Bertz CT molecular complexity index is 724. The third-order valence-corrected chi connectivity index (χ3v) is 4.41. The number of hydrogen-bond donors (Lipinski definition) is 0. The molecule has 1 aromatic heterocycles. The summed E-state index contributed by atoms with van der Waals surface area (Å²) in [6, 6.07) is 10.4. The molecule has 110 valence electrons. The molecule has 0 saturated heterocycles. The van der Waals surface area contributed by atoms with E-state index in [1.165, 1.54) is 11.1 Å². The number of benzene rings is 1. The molecule has 1 aliphatic carbocycles. The molecule has 1 unspecified atom stereocenters. The average molecular weight is 320 g/mol. The second-order valence-corrected chi connectivity index (χ2v) is 6.08. The van der Waals surface area contributed by atoms with E-state index in [9.17, 15) is 0 Å². The summed E-state index contributed by atoms with van der Waals surface area (Å²) in [7, 11) is 0. The Labute approximate surface area is 137 Å². The largest absolute Gasteiger partial charge is 0.256 e. The summed E-state index contributed by atoms with van der Waals surface area (Å²) < 4.78 is 0. The van der Waals surface area contributed by atoms with Gasteiger partial charge in [-0.25, -0.2) is 0 Å². The molecule has 0 N–H and O–H groups in total. The summed E-state index contributed by atoms with van der Waals surface area (Å²) in [6.45, 7) is 6.58. The van der Waals surface area contributed by atoms with Crippen molar-refractivity contribution in [1.29, 1.82) is 0 Å². The maximum absolute atomic E-state index is 6.60. The molecule has 1 nitrogen and oxygen atoms in total. The average Bonchev–Trinajstić information content (AvgIpc) is 2.75. The first-order chi connectivity index (χ1) is 9.59. The van der Waals surface area contributed by atoms with Crippen LogP contribution in [0.15, 0.2) is 53.2 Å². The van der Waals surface area contributed by atoms with Gasteiger partial charge in [-0.1, -0.05) is 62.7 Å². The van der Waals surface area contributed by atoms with Gasteiger partial charge in [-0.15, -0.1) is 12.4 Å². The number of pyridine rings is 1. The van der Waals surface area contributed by atoms with Crippen LogP contribution in [0.3, 0.4) is 0 Å². The van der Waals surface area contributed by atoms with E-state index in [1.807, 2.05) is 12.3 Å². The lowest BCUT2D eigenvalue weighted by Crippen LogP contribution is -1.97. The molecule has 0 saturated carbocycles. The van der Waals surface area contributed by atoms with Gasteiger partial charge in [-0.3, -0.25) is 4.98 Å². The van der Waals surface area contributed by atoms with E-state index in [4.69, 9.17) is 11.6 Å². The van der Waals surface area contributed by atoms with Gasteiger partial charge in [0.25, 0.3) is 0 Å². The van der Waals surface area contributed by atoms with Gasteiger partial charge in [0.15, 0.2) is 0 Å². The SMILES string of the molecule is CC(C)C1=CC(C)C(Cl)=C1c1cccc2cccnc12.Cl. The van der Waals surface area contributed by atoms with Crippen molar-refractivity contribution in [2.45, 2.75) is 20.8 Å². The highest BCUT2D eigenvalue weighted by Gasteiger charge is 2.26. The van der Waals surface area contributed by atoms with Gasteiger partial charge < -0.3 is 0 Å². The van der Waals surface area contributed by atoms with Crippen LogP contribution in [-0.2, 0) is 0 Å². The molecule has 3 heteroatoms. The molecule has 21 heavy (non-hydrogen) atoms. The van der Waals surface area contributed by atoms with Gasteiger partial charge in [-0.05, 0) is 17.6 Å². The van der Waals surface area contributed by atoms with Gasteiger partial charge in [-0.2, -0.15) is 0 Å². The highest BCUT2D eigenvalue weighted by atomic mass is 35.5. The number of halogens is 2. The van der Waals surface area contributed by atoms with Gasteiger partial charge in [0.2, 0.25) is 0 Å². The Morgan fingerprint density at radius 3 is 2.57 bits per heavy atom. The third-order valence-electron chi connectivity index (χ3n) is 3.88. The summed E-state index contributed by atoms with van der Waals surface area (Å²) in [5.41, 5.74) is 4.69. The van der Waals surface area contributed by atoms with Crippen LogP contribution in [-0.4, -0.2) is 4.98 Å². The van der Waals surface area contributed by atoms with Crippen molar-refractivity contribution in [2.75, 3.05) is 0 Å². The minimum absolute atomic E-state index is 0. The van der Waals surface area contributed by atoms with E-state index in [2.05, 4.69) is 56.1 Å². The number of fused-ring (bicyclic) bond motifs is 1. The second kappa shape index (κ2) is 6.21. The van der Waals surface area contributed by atoms with E-state index < -0.39 is 0 Å². The molecule has 1 aromatic carbocycles. The van der Waals surface area contributed by atoms with E-state index in [0.29, 0.717) is 11.8 Å². The van der Waals surface area contributed by atoms with Crippen LogP contribution in [0.2, 0.25) is 0 Å². The fourth-order valence-electron chi connectivity index (χ4n) is 2.86. The highest BCUT2D eigenvalue weighted by Crippen LogP contribution is 2.44. The van der Waals surface area contributed by atoms with Gasteiger partial charge >= 0.3 is 0 Å². The molecule has 3 rings (SSSR count). The summed E-state index contributed by atoms with van der Waals surface area (Å²) in [5.74, 6) is 0.755. The number of aromatic nitrogens is 1.